The molecule has 2 aliphatic carbocycles. The highest BCUT2D eigenvalue weighted by atomic mass is 32.4. The average molecular weight is 621 g/mol. The van der Waals surface area contributed by atoms with Crippen LogP contribution in [-0.4, -0.2) is 62.4 Å². The van der Waals surface area contributed by atoms with Gasteiger partial charge in [-0.2, -0.15) is 0 Å². The summed E-state index contributed by atoms with van der Waals surface area (Å²) in [5, 5.41) is 4.30. The Labute approximate surface area is 267 Å². The number of benzene rings is 3. The molecule has 44 heavy (non-hydrogen) atoms. The number of morpholine rings is 2. The molecule has 2 fully saturated rings. The fraction of sp³-hybridized carbons (Fsp3) is 0.316. The van der Waals surface area contributed by atoms with E-state index >= 15 is 0 Å². The number of allylic oxidation sites excluding steroid dienone is 4. The van der Waals surface area contributed by atoms with Crippen LogP contribution in [0.3, 0.4) is 0 Å². The lowest BCUT2D eigenvalue weighted by Crippen LogP contribution is -2.37. The zero-order chi connectivity index (χ0) is 29.8. The van der Waals surface area contributed by atoms with Crippen LogP contribution in [0, 0.1) is 0 Å². The fourth-order valence-corrected chi connectivity index (χ4v) is 12.2. The minimum absolute atomic E-state index is 0.759. The van der Waals surface area contributed by atoms with Crippen molar-refractivity contribution in [1.29, 1.82) is 0 Å². The number of hydrogen-bond acceptors (Lipinski definition) is 5. The van der Waals surface area contributed by atoms with E-state index in [1.165, 1.54) is 49.6 Å². The number of nitrogens with zero attached hydrogens (tertiary/aromatic N) is 2. The molecule has 226 valence electrons. The second-order valence-electron chi connectivity index (χ2n) is 11.9. The van der Waals surface area contributed by atoms with E-state index in [1.807, 2.05) is 0 Å². The Morgan fingerprint density at radius 3 is 1.32 bits per heavy atom. The summed E-state index contributed by atoms with van der Waals surface area (Å²) in [6.07, 6.45) is 8.89. The van der Waals surface area contributed by atoms with Gasteiger partial charge < -0.3 is 19.3 Å². The van der Waals surface area contributed by atoms with Crippen molar-refractivity contribution in [3.63, 3.8) is 0 Å². The molecule has 2 heterocycles. The first kappa shape index (κ1) is 29.5. The minimum Gasteiger partial charge on any atom is -0.378 e. The summed E-state index contributed by atoms with van der Waals surface area (Å²) in [4.78, 5) is 5.18. The lowest BCUT2D eigenvalue weighted by molar-refractivity contribution is 0.0548. The maximum absolute atomic E-state index is 7.24. The van der Waals surface area contributed by atoms with Gasteiger partial charge in [-0.05, 0) is 76.0 Å². The lowest BCUT2D eigenvalue weighted by atomic mass is 10.1. The molecule has 2 saturated heterocycles. The average Bonchev–Trinajstić information content (AvgIpc) is 3.71. The molecule has 4 nitrogen and oxygen atoms in total. The highest BCUT2D eigenvalue weighted by molar-refractivity contribution is 8.22. The summed E-state index contributed by atoms with van der Waals surface area (Å²) in [6.45, 7) is 6.66. The third-order valence-corrected chi connectivity index (χ3v) is 14.6. The third kappa shape index (κ3) is 5.91. The monoisotopic (exact) mass is 620 g/mol. The van der Waals surface area contributed by atoms with E-state index in [4.69, 9.17) is 21.3 Å². The molecule has 3 aromatic carbocycles. The second kappa shape index (κ2) is 13.4. The molecule has 0 bridgehead atoms. The molecular formula is C38H41N2O2PS. The Hall–Kier alpha value is -3.21. The molecule has 0 N–H and O–H groups in total. The van der Waals surface area contributed by atoms with E-state index in [0.717, 1.165) is 78.3 Å². The van der Waals surface area contributed by atoms with Gasteiger partial charge in [0.25, 0.3) is 0 Å². The highest BCUT2D eigenvalue weighted by Crippen LogP contribution is 2.69. The largest absolute Gasteiger partial charge is 0.378 e. The summed E-state index contributed by atoms with van der Waals surface area (Å²) in [5.74, 6) is 0. The van der Waals surface area contributed by atoms with Gasteiger partial charge in [-0.25, -0.2) is 0 Å². The maximum Gasteiger partial charge on any atom is 0.0642 e. The van der Waals surface area contributed by atoms with Crippen LogP contribution < -0.4 is 5.30 Å². The Morgan fingerprint density at radius 2 is 0.909 bits per heavy atom. The van der Waals surface area contributed by atoms with E-state index < -0.39 is 6.04 Å². The van der Waals surface area contributed by atoms with Gasteiger partial charge >= 0.3 is 0 Å². The molecule has 0 spiro atoms. The zero-order valence-electron chi connectivity index (χ0n) is 25.4. The summed E-state index contributed by atoms with van der Waals surface area (Å²) in [7, 11) is 0. The summed E-state index contributed by atoms with van der Waals surface area (Å²) >= 11 is 7.24. The molecule has 6 heteroatoms. The summed E-state index contributed by atoms with van der Waals surface area (Å²) < 4.78 is 11.7. The highest BCUT2D eigenvalue weighted by Gasteiger charge is 2.41. The first-order valence-electron chi connectivity index (χ1n) is 16.0. The lowest BCUT2D eigenvalue weighted by Gasteiger charge is -2.37. The molecule has 0 unspecified atom stereocenters. The quantitative estimate of drug-likeness (QED) is 0.253. The standard InChI is InChI=1S/C38H41N2O2PS/c44-43(34-14-8-3-9-15-34,35-18-16-32(28-30-10-4-1-5-11-30)37(35)39-20-24-41-25-21-39)36-19-17-33(29-31-12-6-2-7-13-31)38(36)40-22-26-42-27-23-40/h1-15,28-29H,16-27H2. The van der Waals surface area contributed by atoms with E-state index in [1.54, 1.807) is 0 Å². The van der Waals surface area contributed by atoms with Crippen molar-refractivity contribution in [2.45, 2.75) is 25.7 Å². The van der Waals surface area contributed by atoms with Crippen LogP contribution in [0.1, 0.15) is 36.8 Å². The first-order valence-corrected chi connectivity index (χ1v) is 18.8. The topological polar surface area (TPSA) is 24.9 Å². The molecule has 7 rings (SSSR count). The van der Waals surface area contributed by atoms with Crippen LogP contribution >= 0.6 is 6.04 Å². The van der Waals surface area contributed by atoms with E-state index in [-0.39, 0.29) is 0 Å². The SMILES string of the molecule is S=P(C1=C(N2CCOCC2)C(=Cc2ccccc2)CC1)(C1=C(N2CCOCC2)C(=Cc2ccccc2)CC1)c1ccccc1. The van der Waals surface area contributed by atoms with Crippen molar-refractivity contribution >= 4 is 35.3 Å². The van der Waals surface area contributed by atoms with Crippen molar-refractivity contribution < 1.29 is 9.47 Å². The molecule has 0 amide bonds. The van der Waals surface area contributed by atoms with E-state index in [9.17, 15) is 0 Å². The molecule has 0 aromatic heterocycles. The number of hydrogen-bond donors (Lipinski definition) is 0. The van der Waals surface area contributed by atoms with Crippen LogP contribution in [0.15, 0.2) is 124 Å². The van der Waals surface area contributed by atoms with Crippen molar-refractivity contribution in [3.05, 3.63) is 135 Å². The van der Waals surface area contributed by atoms with E-state index in [2.05, 4.69) is 113 Å². The van der Waals surface area contributed by atoms with Crippen LogP contribution in [0.2, 0.25) is 0 Å². The van der Waals surface area contributed by atoms with Gasteiger partial charge in [-0.15, -0.1) is 0 Å². The zero-order valence-corrected chi connectivity index (χ0v) is 27.1. The van der Waals surface area contributed by atoms with E-state index in [0.29, 0.717) is 0 Å². The van der Waals surface area contributed by atoms with Crippen molar-refractivity contribution in [2.75, 3.05) is 52.6 Å². The summed E-state index contributed by atoms with van der Waals surface area (Å²) in [5.41, 5.74) is 8.15. The molecular weight excluding hydrogens is 579 g/mol. The molecule has 3 aromatic rings. The van der Waals surface area contributed by atoms with Crippen molar-refractivity contribution in [3.8, 4) is 0 Å². The molecule has 4 aliphatic rings. The maximum atomic E-state index is 7.24. The summed E-state index contributed by atoms with van der Waals surface area (Å²) in [6, 6.07) is 30.3. The van der Waals surface area contributed by atoms with Gasteiger partial charge in [0.2, 0.25) is 0 Å². The Kier molecular flexibility index (Phi) is 9.00. The minimum atomic E-state index is -2.35. The van der Waals surface area contributed by atoms with Crippen LogP contribution in [-0.2, 0) is 21.3 Å². The predicted octanol–water partition coefficient (Wildman–Crippen LogP) is 7.63. The number of rotatable bonds is 7. The van der Waals surface area contributed by atoms with Crippen LogP contribution in [0.25, 0.3) is 12.2 Å². The van der Waals surface area contributed by atoms with Gasteiger partial charge in [-0.1, -0.05) is 103 Å². The van der Waals surface area contributed by atoms with Gasteiger partial charge in [-0.3, -0.25) is 0 Å². The Balaban J connectivity index is 1.46. The predicted molar refractivity (Wildman–Crippen MR) is 187 cm³/mol. The van der Waals surface area contributed by atoms with Crippen molar-refractivity contribution in [2.24, 2.45) is 0 Å². The second-order valence-corrected chi connectivity index (χ2v) is 16.4. The molecule has 0 saturated carbocycles. The smallest absolute Gasteiger partial charge is 0.0642 e. The van der Waals surface area contributed by atoms with Gasteiger partial charge in [0.1, 0.15) is 0 Å². The Bertz CT molecular complexity index is 1530. The molecule has 0 atom stereocenters. The van der Waals surface area contributed by atoms with Crippen LogP contribution in [0.4, 0.5) is 0 Å². The molecule has 0 radical (unpaired) electrons. The fourth-order valence-electron chi connectivity index (χ4n) is 7.20. The van der Waals surface area contributed by atoms with Gasteiger partial charge in [0, 0.05) is 43.6 Å². The van der Waals surface area contributed by atoms with Gasteiger partial charge in [0.15, 0.2) is 0 Å². The Morgan fingerprint density at radius 1 is 0.523 bits per heavy atom. The van der Waals surface area contributed by atoms with Crippen molar-refractivity contribution in [1.82, 2.24) is 9.80 Å². The third-order valence-electron chi connectivity index (χ3n) is 9.23. The van der Waals surface area contributed by atoms with Crippen LogP contribution in [0.5, 0.6) is 0 Å². The normalized spacial score (nSPS) is 22.7. The number of ether oxygens (including phenoxy) is 2. The first-order chi connectivity index (χ1) is 21.7. The molecule has 2 aliphatic heterocycles. The van der Waals surface area contributed by atoms with Gasteiger partial charge in [0.05, 0.1) is 26.4 Å².